The van der Waals surface area contributed by atoms with Crippen molar-refractivity contribution in [3.05, 3.63) is 0 Å². The van der Waals surface area contributed by atoms with Crippen LogP contribution >= 0.6 is 0 Å². The van der Waals surface area contributed by atoms with E-state index < -0.39 is 7.54 Å². The van der Waals surface area contributed by atoms with Crippen molar-refractivity contribution in [1.82, 2.24) is 0 Å². The van der Waals surface area contributed by atoms with Gasteiger partial charge in [-0.05, 0) is 5.97 Å². The van der Waals surface area contributed by atoms with Crippen LogP contribution in [0.25, 0.3) is 0 Å². The van der Waals surface area contributed by atoms with E-state index in [1.165, 1.54) is 5.97 Å². The largest absolute Gasteiger partial charge is 0.762 e. The first-order valence-electron chi connectivity index (χ1n) is 1.17. The highest BCUT2D eigenvalue weighted by molar-refractivity contribution is 6.33. The zero-order valence-electron chi connectivity index (χ0n) is 3.24. The summed E-state index contributed by atoms with van der Waals surface area (Å²) in [6.07, 6.45) is 0. The molecule has 0 aliphatic heterocycles. The minimum atomic E-state index is -3.67. The highest BCUT2D eigenvalue weighted by Crippen LogP contribution is 1.80. The van der Waals surface area contributed by atoms with Gasteiger partial charge in [-0.15, -0.1) is 0 Å². The molecule has 0 fully saturated rings. The molecule has 0 amide bonds. The Morgan fingerprint density at radius 1 is 1.43 bits per heavy atom. The lowest BCUT2D eigenvalue weighted by Gasteiger charge is -1.55. The van der Waals surface area contributed by atoms with Gasteiger partial charge in [0.1, 0.15) is 0 Å². The zero-order chi connectivity index (χ0) is 6.28. The van der Waals surface area contributed by atoms with Crippen LogP contribution in [0.1, 0.15) is 0 Å². The van der Waals surface area contributed by atoms with E-state index in [0.29, 0.717) is 0 Å². The van der Waals surface area contributed by atoms with Gasteiger partial charge < -0.3 is 0 Å². The van der Waals surface area contributed by atoms with Crippen molar-refractivity contribution in [3.63, 3.8) is 0 Å². The average molecular weight is 105 g/mol. The third-order valence-electron chi connectivity index (χ3n) is 0. The maximum absolute atomic E-state index is 9.67. The van der Waals surface area contributed by atoms with Gasteiger partial charge in [0.15, 0.2) is 0 Å². The summed E-state index contributed by atoms with van der Waals surface area (Å²) in [5, 5.41) is 7.10. The molecule has 0 heterocycles. The van der Waals surface area contributed by atoms with Crippen LogP contribution in [0.2, 0.25) is 0 Å². The Bertz CT molecular complexity index is 55.7. The predicted molar refractivity (Wildman–Crippen MR) is 20.4 cm³/mol. The lowest BCUT2D eigenvalue weighted by molar-refractivity contribution is 0.535. The number of nitrogens with zero attached hydrogens (tertiary/aromatic N) is 1. The number of hydrogen-bond donors (Lipinski definition) is 0. The second-order valence-corrected chi connectivity index (χ2v) is 0.377. The second-order valence-electron chi connectivity index (χ2n) is 0.377. The molecule has 0 spiro atoms. The number of rotatable bonds is 0. The Labute approximate surface area is 40.8 Å². The van der Waals surface area contributed by atoms with Gasteiger partial charge in [-0.25, -0.2) is 5.26 Å². The molecule has 6 heteroatoms. The van der Waals surface area contributed by atoms with Crippen LogP contribution in [-0.2, 0) is 0 Å². The summed E-state index contributed by atoms with van der Waals surface area (Å²) in [6.45, 7) is 0. The Balaban J connectivity index is 0. The van der Waals surface area contributed by atoms with Crippen LogP contribution in [0.3, 0.4) is 0 Å². The van der Waals surface area contributed by atoms with Gasteiger partial charge in [-0.1, -0.05) is 0 Å². The van der Waals surface area contributed by atoms with Crippen molar-refractivity contribution in [3.8, 4) is 5.97 Å². The summed E-state index contributed by atoms with van der Waals surface area (Å²) >= 11 is 0. The van der Waals surface area contributed by atoms with Gasteiger partial charge in [-0.3, -0.25) is 12.9 Å². The first kappa shape index (κ1) is 9.65. The Kier molecular flexibility index (Phi) is 12.5. The fourth-order valence-electron chi connectivity index (χ4n) is 0. The summed E-state index contributed by atoms with van der Waals surface area (Å²) in [5.74, 6) is 1.25. The summed E-state index contributed by atoms with van der Waals surface area (Å²) < 4.78 is 29.0. The minimum Gasteiger partial charge on any atom is -0.254 e. The van der Waals surface area contributed by atoms with Crippen molar-refractivity contribution in [2.45, 2.75) is 0 Å². The first-order chi connectivity index (χ1) is 3.15. The molecule has 0 aliphatic carbocycles. The van der Waals surface area contributed by atoms with Crippen LogP contribution in [0, 0.1) is 11.2 Å². The normalized spacial score (nSPS) is 4.86. The van der Waals surface area contributed by atoms with E-state index in [0.717, 1.165) is 0 Å². The van der Waals surface area contributed by atoms with Gasteiger partial charge in [0, 0.05) is 0 Å². The molecule has 0 rings (SSSR count). The quantitative estimate of drug-likeness (QED) is 0.411. The standard InChI is InChI=1S/CBN.BF3/c2-1-3;2-1(3)4. The van der Waals surface area contributed by atoms with Crippen LogP contribution < -0.4 is 0 Å². The van der Waals surface area contributed by atoms with Gasteiger partial charge in [0.2, 0.25) is 7.85 Å². The lowest BCUT2D eigenvalue weighted by Crippen LogP contribution is -1.76. The Morgan fingerprint density at radius 2 is 1.43 bits per heavy atom. The van der Waals surface area contributed by atoms with E-state index in [2.05, 4.69) is 7.85 Å². The van der Waals surface area contributed by atoms with Gasteiger partial charge in [-0.2, -0.15) is 0 Å². The zero-order valence-corrected chi connectivity index (χ0v) is 3.24. The second kappa shape index (κ2) is 9.05. The minimum absolute atomic E-state index is 1.25. The third kappa shape index (κ3) is 181. The molecule has 0 aliphatic rings. The molecule has 0 saturated carbocycles. The molecular weight excluding hydrogens is 105 g/mol. The Morgan fingerprint density at radius 3 is 1.43 bits per heavy atom. The Hall–Kier alpha value is -0.590. The van der Waals surface area contributed by atoms with Crippen LogP contribution in [0.4, 0.5) is 12.9 Å². The van der Waals surface area contributed by atoms with Crippen molar-refractivity contribution < 1.29 is 12.9 Å². The molecule has 0 bridgehead atoms. The van der Waals surface area contributed by atoms with Crippen molar-refractivity contribution in [2.75, 3.05) is 0 Å². The first-order valence-corrected chi connectivity index (χ1v) is 1.17. The van der Waals surface area contributed by atoms with Gasteiger partial charge in [0.25, 0.3) is 0 Å². The van der Waals surface area contributed by atoms with E-state index in [4.69, 9.17) is 5.26 Å². The highest BCUT2D eigenvalue weighted by atomic mass is 19.4. The number of halogens is 3. The maximum atomic E-state index is 9.67. The molecule has 0 atom stereocenters. The molecule has 0 aromatic carbocycles. The summed E-state index contributed by atoms with van der Waals surface area (Å²) in [7, 11) is 0.486. The predicted octanol–water partition coefficient (Wildman–Crippen LogP) is 0.516. The van der Waals surface area contributed by atoms with Crippen LogP contribution in [-0.4, -0.2) is 15.4 Å². The molecule has 1 nitrogen and oxygen atoms in total. The third-order valence-corrected chi connectivity index (χ3v) is 0. The van der Waals surface area contributed by atoms with Crippen LogP contribution in [0.15, 0.2) is 0 Å². The van der Waals surface area contributed by atoms with Gasteiger partial charge in [0.05, 0.1) is 0 Å². The molecule has 0 aromatic heterocycles. The fourth-order valence-corrected chi connectivity index (χ4v) is 0. The van der Waals surface area contributed by atoms with Crippen LogP contribution in [0.5, 0.6) is 0 Å². The van der Waals surface area contributed by atoms with E-state index in [-0.39, 0.29) is 0 Å². The summed E-state index contributed by atoms with van der Waals surface area (Å²) in [4.78, 5) is 0. The molecule has 0 N–H and O–H groups in total. The molecular formula is CB2F3N. The van der Waals surface area contributed by atoms with E-state index >= 15 is 0 Å². The van der Waals surface area contributed by atoms with Gasteiger partial charge >= 0.3 is 7.54 Å². The monoisotopic (exact) mass is 105 g/mol. The number of hydrogen-bond acceptors (Lipinski definition) is 1. The molecule has 0 aromatic rings. The van der Waals surface area contributed by atoms with Crippen molar-refractivity contribution in [1.29, 1.82) is 5.26 Å². The van der Waals surface area contributed by atoms with Crippen molar-refractivity contribution >= 4 is 15.4 Å². The molecule has 0 saturated heterocycles. The highest BCUT2D eigenvalue weighted by Gasteiger charge is 2.06. The molecule has 2 radical (unpaired) electrons. The maximum Gasteiger partial charge on any atom is 0.762 e. The lowest BCUT2D eigenvalue weighted by atomic mass is 10.2. The molecule has 0 unspecified atom stereocenters. The topological polar surface area (TPSA) is 23.8 Å². The molecule has 7 heavy (non-hydrogen) atoms. The SMILES string of the molecule is FB(F)F.[B]C#N. The van der Waals surface area contributed by atoms with E-state index in [1.807, 2.05) is 0 Å². The molecule has 36 valence electrons. The fraction of sp³-hybridized carbons (Fsp3) is 0. The van der Waals surface area contributed by atoms with E-state index in [1.54, 1.807) is 0 Å². The smallest absolute Gasteiger partial charge is 0.254 e. The van der Waals surface area contributed by atoms with Crippen molar-refractivity contribution in [2.24, 2.45) is 0 Å². The number of nitriles is 1. The summed E-state index contributed by atoms with van der Waals surface area (Å²) in [6, 6.07) is 0. The van der Waals surface area contributed by atoms with E-state index in [9.17, 15) is 12.9 Å². The summed E-state index contributed by atoms with van der Waals surface area (Å²) in [5.41, 5.74) is 0. The average Bonchev–Trinajstić information content (AvgIpc) is 1.33.